The van der Waals surface area contributed by atoms with E-state index in [9.17, 15) is 14.7 Å². The third kappa shape index (κ3) is 1.55. The summed E-state index contributed by atoms with van der Waals surface area (Å²) in [7, 11) is 1.55. The van der Waals surface area contributed by atoms with Gasteiger partial charge in [-0.25, -0.2) is 0 Å². The first kappa shape index (κ1) is 12.2. The van der Waals surface area contributed by atoms with E-state index in [1.165, 1.54) is 4.57 Å². The number of carbonyl (C=O) groups excluding carboxylic acids is 1. The van der Waals surface area contributed by atoms with Crippen LogP contribution in [0, 0.1) is 0 Å². The molecule has 0 radical (unpaired) electrons. The van der Waals surface area contributed by atoms with E-state index in [2.05, 4.69) is 0 Å². The highest BCUT2D eigenvalue weighted by Gasteiger charge is 2.20. The second kappa shape index (κ2) is 4.18. The molecule has 0 unspecified atom stereocenters. The first-order valence-electron chi connectivity index (χ1n) is 5.62. The van der Waals surface area contributed by atoms with Crippen LogP contribution >= 0.6 is 0 Å². The fraction of sp³-hybridized carbons (Fsp3) is 0.231. The molecule has 0 aliphatic heterocycles. The number of aromatic hydroxyl groups is 1. The lowest BCUT2D eigenvalue weighted by Crippen LogP contribution is -2.28. The van der Waals surface area contributed by atoms with Crippen molar-refractivity contribution in [1.29, 1.82) is 0 Å². The quantitative estimate of drug-likeness (QED) is 0.825. The summed E-state index contributed by atoms with van der Waals surface area (Å²) in [5, 5.41) is 10.6. The summed E-state index contributed by atoms with van der Waals surface area (Å²) in [6, 6.07) is 5.38. The Labute approximate surface area is 103 Å². The van der Waals surface area contributed by atoms with Crippen LogP contribution in [0.2, 0.25) is 0 Å². The lowest BCUT2D eigenvalue weighted by Gasteiger charge is -2.12. The Morgan fingerprint density at radius 3 is 2.67 bits per heavy atom. The van der Waals surface area contributed by atoms with Gasteiger partial charge in [0.15, 0.2) is 0 Å². The van der Waals surface area contributed by atoms with Crippen LogP contribution in [0.1, 0.15) is 22.8 Å². The van der Waals surface area contributed by atoms with Crippen molar-refractivity contribution in [3.8, 4) is 5.75 Å². The Kier molecular flexibility index (Phi) is 2.82. The number of pyridine rings is 1. The van der Waals surface area contributed by atoms with Gasteiger partial charge in [0.2, 0.25) is 0 Å². The van der Waals surface area contributed by atoms with Gasteiger partial charge in [0, 0.05) is 12.4 Å². The molecule has 0 atom stereocenters. The number of hydrogen-bond acceptors (Lipinski definition) is 3. The lowest BCUT2D eigenvalue weighted by atomic mass is 10.0. The molecule has 0 aliphatic carbocycles. The molecule has 0 saturated carbocycles. The number of fused-ring (bicyclic) bond motifs is 1. The van der Waals surface area contributed by atoms with Crippen LogP contribution in [0.4, 0.5) is 0 Å². The van der Waals surface area contributed by atoms with E-state index >= 15 is 0 Å². The monoisotopic (exact) mass is 246 g/mol. The minimum atomic E-state index is -0.916. The second-order valence-electron chi connectivity index (χ2n) is 4.12. The highest BCUT2D eigenvalue weighted by Crippen LogP contribution is 2.29. The molecule has 5 nitrogen and oxygen atoms in total. The maximum absolute atomic E-state index is 11.9. The molecular formula is C13H14N2O3. The van der Waals surface area contributed by atoms with E-state index in [-0.39, 0.29) is 11.3 Å². The number of primary amides is 1. The Hall–Kier alpha value is -2.30. The summed E-state index contributed by atoms with van der Waals surface area (Å²) in [5.41, 5.74) is 5.67. The number of aromatic nitrogens is 1. The second-order valence-corrected chi connectivity index (χ2v) is 4.12. The molecule has 0 fully saturated rings. The zero-order valence-corrected chi connectivity index (χ0v) is 10.2. The van der Waals surface area contributed by atoms with Gasteiger partial charge >= 0.3 is 0 Å². The summed E-state index contributed by atoms with van der Waals surface area (Å²) >= 11 is 0. The van der Waals surface area contributed by atoms with Gasteiger partial charge in [0.1, 0.15) is 11.3 Å². The number of carbonyl (C=O) groups is 1. The normalized spacial score (nSPS) is 10.8. The van der Waals surface area contributed by atoms with Crippen LogP contribution in [0.25, 0.3) is 10.9 Å². The van der Waals surface area contributed by atoms with E-state index in [1.54, 1.807) is 13.1 Å². The van der Waals surface area contributed by atoms with E-state index < -0.39 is 11.5 Å². The van der Waals surface area contributed by atoms with Crippen LogP contribution in [-0.4, -0.2) is 15.6 Å². The molecule has 0 bridgehead atoms. The summed E-state index contributed by atoms with van der Waals surface area (Å²) < 4.78 is 1.33. The summed E-state index contributed by atoms with van der Waals surface area (Å²) in [6.07, 6.45) is 0.682. The number of hydrogen-bond donors (Lipinski definition) is 2. The molecule has 1 heterocycles. The number of benzene rings is 1. The SMILES string of the molecule is CCc1cccc2c1c(O)c(C(N)=O)c(=O)n2C. The molecule has 2 aromatic rings. The molecule has 3 N–H and O–H groups in total. The van der Waals surface area contributed by atoms with Crippen molar-refractivity contribution in [3.05, 3.63) is 39.7 Å². The highest BCUT2D eigenvalue weighted by molar-refractivity contribution is 6.02. The summed E-state index contributed by atoms with van der Waals surface area (Å²) in [6.45, 7) is 1.93. The van der Waals surface area contributed by atoms with Gasteiger partial charge in [-0.2, -0.15) is 0 Å². The van der Waals surface area contributed by atoms with Crippen molar-refractivity contribution in [3.63, 3.8) is 0 Å². The van der Waals surface area contributed by atoms with Crippen LogP contribution in [0.15, 0.2) is 23.0 Å². The molecule has 94 valence electrons. The fourth-order valence-electron chi connectivity index (χ4n) is 2.16. The maximum atomic E-state index is 11.9. The number of nitrogens with two attached hydrogens (primary N) is 1. The van der Waals surface area contributed by atoms with Gasteiger partial charge in [-0.3, -0.25) is 9.59 Å². The Morgan fingerprint density at radius 2 is 2.11 bits per heavy atom. The molecule has 2 rings (SSSR count). The van der Waals surface area contributed by atoms with Crippen molar-refractivity contribution in [2.75, 3.05) is 0 Å². The standard InChI is InChI=1S/C13H14N2O3/c1-3-7-5-4-6-8-9(7)11(16)10(12(14)17)13(18)15(8)2/h4-6,16H,3H2,1-2H3,(H2,14,17). The minimum absolute atomic E-state index is 0.321. The van der Waals surface area contributed by atoms with Crippen LogP contribution in [-0.2, 0) is 13.5 Å². The lowest BCUT2D eigenvalue weighted by molar-refractivity contribution is 0.0996. The van der Waals surface area contributed by atoms with Crippen molar-refractivity contribution < 1.29 is 9.90 Å². The number of rotatable bonds is 2. The topological polar surface area (TPSA) is 85.3 Å². The fourth-order valence-corrected chi connectivity index (χ4v) is 2.16. The molecule has 1 amide bonds. The van der Waals surface area contributed by atoms with Gasteiger partial charge in [-0.05, 0) is 18.1 Å². The highest BCUT2D eigenvalue weighted by atomic mass is 16.3. The van der Waals surface area contributed by atoms with Gasteiger partial charge in [0.05, 0.1) is 5.52 Å². The van der Waals surface area contributed by atoms with E-state index in [0.717, 1.165) is 5.56 Å². The van der Waals surface area contributed by atoms with Crippen molar-refractivity contribution >= 4 is 16.8 Å². The Morgan fingerprint density at radius 1 is 1.44 bits per heavy atom. The molecule has 0 aliphatic rings. The Bertz CT molecular complexity index is 701. The number of amides is 1. The van der Waals surface area contributed by atoms with Gasteiger partial charge in [0.25, 0.3) is 11.5 Å². The molecule has 5 heteroatoms. The summed E-state index contributed by atoms with van der Waals surface area (Å²) in [5.74, 6) is -1.24. The van der Waals surface area contributed by atoms with Crippen molar-refractivity contribution in [1.82, 2.24) is 4.57 Å². The first-order chi connectivity index (χ1) is 8.49. The molecular weight excluding hydrogens is 232 g/mol. The average molecular weight is 246 g/mol. The molecule has 18 heavy (non-hydrogen) atoms. The largest absolute Gasteiger partial charge is 0.506 e. The van der Waals surface area contributed by atoms with Crippen LogP contribution < -0.4 is 11.3 Å². The average Bonchev–Trinajstić information content (AvgIpc) is 2.34. The van der Waals surface area contributed by atoms with E-state index in [0.29, 0.717) is 17.3 Å². The molecule has 0 spiro atoms. The third-order valence-corrected chi connectivity index (χ3v) is 3.11. The molecule has 1 aromatic carbocycles. The zero-order valence-electron chi connectivity index (χ0n) is 10.2. The molecule has 0 saturated heterocycles. The Balaban J connectivity index is 3.09. The third-order valence-electron chi connectivity index (χ3n) is 3.11. The molecule has 1 aromatic heterocycles. The van der Waals surface area contributed by atoms with Gasteiger partial charge in [-0.1, -0.05) is 19.1 Å². The van der Waals surface area contributed by atoms with Gasteiger partial charge < -0.3 is 15.4 Å². The number of aryl methyl sites for hydroxylation is 2. The zero-order chi connectivity index (χ0) is 13.4. The van der Waals surface area contributed by atoms with Gasteiger partial charge in [-0.15, -0.1) is 0 Å². The van der Waals surface area contributed by atoms with E-state index in [1.807, 2.05) is 19.1 Å². The smallest absolute Gasteiger partial charge is 0.267 e. The summed E-state index contributed by atoms with van der Waals surface area (Å²) in [4.78, 5) is 23.2. The predicted octanol–water partition coefficient (Wildman–Crippen LogP) is 0.905. The van der Waals surface area contributed by atoms with E-state index in [4.69, 9.17) is 5.73 Å². The maximum Gasteiger partial charge on any atom is 0.267 e. The number of nitrogens with zero attached hydrogens (tertiary/aromatic N) is 1. The predicted molar refractivity (Wildman–Crippen MR) is 68.7 cm³/mol. The van der Waals surface area contributed by atoms with Crippen molar-refractivity contribution in [2.45, 2.75) is 13.3 Å². The van der Waals surface area contributed by atoms with Crippen LogP contribution in [0.3, 0.4) is 0 Å². The first-order valence-corrected chi connectivity index (χ1v) is 5.62. The minimum Gasteiger partial charge on any atom is -0.506 e. The van der Waals surface area contributed by atoms with Crippen LogP contribution in [0.5, 0.6) is 5.75 Å². The van der Waals surface area contributed by atoms with Crippen molar-refractivity contribution in [2.24, 2.45) is 12.8 Å².